The Labute approximate surface area is 217 Å². The zero-order valence-corrected chi connectivity index (χ0v) is 21.2. The van der Waals surface area contributed by atoms with Crippen LogP contribution in [0.5, 0.6) is 0 Å². The van der Waals surface area contributed by atoms with Gasteiger partial charge < -0.3 is 15.4 Å². The predicted octanol–water partition coefficient (Wildman–Crippen LogP) is 4.42. The molecule has 0 bridgehead atoms. The molecular weight excluding hydrogens is 464 g/mol. The molecule has 1 saturated heterocycles. The summed E-state index contributed by atoms with van der Waals surface area (Å²) in [6.45, 7) is 5.87. The van der Waals surface area contributed by atoms with Crippen molar-refractivity contribution in [1.82, 2.24) is 19.7 Å². The van der Waals surface area contributed by atoms with E-state index in [1.165, 1.54) is 0 Å². The summed E-state index contributed by atoms with van der Waals surface area (Å²) in [5.74, 6) is 0.381. The van der Waals surface area contributed by atoms with Crippen LogP contribution in [0.15, 0.2) is 79.1 Å². The fourth-order valence-corrected chi connectivity index (χ4v) is 4.48. The topological polar surface area (TPSA) is 84.3 Å². The summed E-state index contributed by atoms with van der Waals surface area (Å²) >= 11 is 0. The first-order valence-electron chi connectivity index (χ1n) is 12.6. The van der Waals surface area contributed by atoms with Crippen molar-refractivity contribution in [2.45, 2.75) is 19.5 Å². The molecule has 1 amide bonds. The van der Waals surface area contributed by atoms with Gasteiger partial charge in [0.15, 0.2) is 0 Å². The Balaban J connectivity index is 1.30. The molecule has 2 aromatic heterocycles. The zero-order chi connectivity index (χ0) is 25.6. The molecule has 2 aromatic carbocycles. The number of anilines is 2. The molecule has 4 aromatic rings. The Morgan fingerprint density at radius 3 is 2.49 bits per heavy atom. The number of rotatable bonds is 8. The minimum atomic E-state index is -0.457. The first kappa shape index (κ1) is 24.7. The Kier molecular flexibility index (Phi) is 7.58. The van der Waals surface area contributed by atoms with Crippen LogP contribution in [0.3, 0.4) is 0 Å². The highest BCUT2D eigenvalue weighted by Gasteiger charge is 2.18. The van der Waals surface area contributed by atoms with E-state index < -0.39 is 6.04 Å². The molecule has 1 aliphatic rings. The summed E-state index contributed by atoms with van der Waals surface area (Å²) in [4.78, 5) is 19.8. The smallest absolute Gasteiger partial charge is 0.247 e. The van der Waals surface area contributed by atoms with Crippen molar-refractivity contribution in [3.05, 3.63) is 84.7 Å². The lowest BCUT2D eigenvalue weighted by Gasteiger charge is -2.28. The van der Waals surface area contributed by atoms with Crippen LogP contribution < -0.4 is 10.6 Å². The Morgan fingerprint density at radius 1 is 1.00 bits per heavy atom. The zero-order valence-electron chi connectivity index (χ0n) is 21.2. The SMILES string of the molecule is CC(Nc1ccc(-c2ccnn2C)cc1CN1CCOCC1)C(=O)Nc1ccc(-c2ccccc2)cn1. The fraction of sp³-hybridized carbons (Fsp3) is 0.276. The molecule has 8 nitrogen and oxygen atoms in total. The summed E-state index contributed by atoms with van der Waals surface area (Å²) in [7, 11) is 1.94. The van der Waals surface area contributed by atoms with Crippen molar-refractivity contribution in [3.8, 4) is 22.4 Å². The van der Waals surface area contributed by atoms with Crippen LogP contribution in [0.25, 0.3) is 22.4 Å². The van der Waals surface area contributed by atoms with Crippen LogP contribution >= 0.6 is 0 Å². The molecule has 190 valence electrons. The first-order valence-corrected chi connectivity index (χ1v) is 12.6. The van der Waals surface area contributed by atoms with Gasteiger partial charge in [-0.05, 0) is 48.4 Å². The second kappa shape index (κ2) is 11.4. The van der Waals surface area contributed by atoms with E-state index in [0.29, 0.717) is 5.82 Å². The third-order valence-corrected chi connectivity index (χ3v) is 6.61. The van der Waals surface area contributed by atoms with Gasteiger partial charge in [-0.15, -0.1) is 0 Å². The lowest BCUT2D eigenvalue weighted by atomic mass is 10.0. The van der Waals surface area contributed by atoms with Crippen LogP contribution in [0, 0.1) is 0 Å². The summed E-state index contributed by atoms with van der Waals surface area (Å²) in [6, 6.07) is 21.7. The molecule has 8 heteroatoms. The van der Waals surface area contributed by atoms with Crippen LogP contribution in [-0.4, -0.2) is 57.9 Å². The minimum Gasteiger partial charge on any atom is -0.379 e. The number of hydrogen-bond donors (Lipinski definition) is 2. The number of carbonyl (C=O) groups excluding carboxylic acids is 1. The molecule has 3 heterocycles. The summed E-state index contributed by atoms with van der Waals surface area (Å²) in [5, 5.41) is 10.7. The third kappa shape index (κ3) is 6.04. The van der Waals surface area contributed by atoms with Gasteiger partial charge in [0.25, 0.3) is 0 Å². The molecule has 2 N–H and O–H groups in total. The molecule has 37 heavy (non-hydrogen) atoms. The number of morpholine rings is 1. The standard InChI is InChI=1S/C29H32N6O2/c1-21(29(36)33-28-11-9-24(19-30-28)22-6-4-3-5-7-22)32-26-10-8-23(27-12-13-31-34(27)2)18-25(26)20-35-14-16-37-17-15-35/h3-13,18-19,21,32H,14-17,20H2,1-2H3,(H,30,33,36). The molecule has 0 spiro atoms. The van der Waals surface area contributed by atoms with E-state index in [1.54, 1.807) is 12.4 Å². The number of carbonyl (C=O) groups is 1. The Morgan fingerprint density at radius 2 is 1.78 bits per heavy atom. The molecule has 0 radical (unpaired) electrons. The van der Waals surface area contributed by atoms with Gasteiger partial charge in [-0.25, -0.2) is 4.98 Å². The van der Waals surface area contributed by atoms with Crippen molar-refractivity contribution >= 4 is 17.4 Å². The number of aromatic nitrogens is 3. The number of aryl methyl sites for hydroxylation is 1. The van der Waals surface area contributed by atoms with Gasteiger partial charge in [-0.3, -0.25) is 14.4 Å². The van der Waals surface area contributed by atoms with E-state index in [4.69, 9.17) is 4.74 Å². The van der Waals surface area contributed by atoms with E-state index in [9.17, 15) is 4.79 Å². The summed E-state index contributed by atoms with van der Waals surface area (Å²) in [6.07, 6.45) is 3.58. The molecule has 1 unspecified atom stereocenters. The highest BCUT2D eigenvalue weighted by molar-refractivity contribution is 5.95. The van der Waals surface area contributed by atoms with Gasteiger partial charge in [0.2, 0.25) is 5.91 Å². The van der Waals surface area contributed by atoms with Gasteiger partial charge >= 0.3 is 0 Å². The van der Waals surface area contributed by atoms with Gasteiger partial charge in [0, 0.05) is 55.9 Å². The van der Waals surface area contributed by atoms with Crippen molar-refractivity contribution in [2.24, 2.45) is 7.05 Å². The summed E-state index contributed by atoms with van der Waals surface area (Å²) in [5.41, 5.74) is 6.30. The van der Waals surface area contributed by atoms with Crippen molar-refractivity contribution < 1.29 is 9.53 Å². The average molecular weight is 497 g/mol. The van der Waals surface area contributed by atoms with E-state index in [-0.39, 0.29) is 5.91 Å². The molecule has 1 aliphatic heterocycles. The van der Waals surface area contributed by atoms with Crippen LogP contribution in [0.1, 0.15) is 12.5 Å². The molecule has 0 aliphatic carbocycles. The number of pyridine rings is 1. The molecule has 5 rings (SSSR count). The number of benzene rings is 2. The maximum Gasteiger partial charge on any atom is 0.247 e. The number of nitrogens with zero attached hydrogens (tertiary/aromatic N) is 4. The van der Waals surface area contributed by atoms with Crippen LogP contribution in [0.2, 0.25) is 0 Å². The Bertz CT molecular complexity index is 1330. The lowest BCUT2D eigenvalue weighted by molar-refractivity contribution is -0.116. The maximum absolute atomic E-state index is 13.0. The van der Waals surface area contributed by atoms with Gasteiger partial charge in [-0.2, -0.15) is 5.10 Å². The predicted molar refractivity (Wildman–Crippen MR) is 146 cm³/mol. The Hall–Kier alpha value is -4.01. The van der Waals surface area contributed by atoms with Crippen LogP contribution in [-0.2, 0) is 23.1 Å². The quantitative estimate of drug-likeness (QED) is 0.376. The monoisotopic (exact) mass is 496 g/mol. The van der Waals surface area contributed by atoms with E-state index >= 15 is 0 Å². The fourth-order valence-electron chi connectivity index (χ4n) is 4.48. The van der Waals surface area contributed by atoms with E-state index in [2.05, 4.69) is 43.8 Å². The van der Waals surface area contributed by atoms with Gasteiger partial charge in [-0.1, -0.05) is 36.4 Å². The number of ether oxygens (including phenoxy) is 1. The third-order valence-electron chi connectivity index (χ3n) is 6.61. The van der Waals surface area contributed by atoms with Crippen LogP contribution in [0.4, 0.5) is 11.5 Å². The lowest BCUT2D eigenvalue weighted by Crippen LogP contribution is -2.36. The van der Waals surface area contributed by atoms with E-state index in [1.807, 2.05) is 67.2 Å². The normalized spacial score (nSPS) is 14.8. The second-order valence-electron chi connectivity index (χ2n) is 9.25. The highest BCUT2D eigenvalue weighted by atomic mass is 16.5. The molecule has 1 fully saturated rings. The number of amides is 1. The number of nitrogens with one attached hydrogen (secondary N) is 2. The van der Waals surface area contributed by atoms with Crippen molar-refractivity contribution in [1.29, 1.82) is 0 Å². The van der Waals surface area contributed by atoms with Crippen molar-refractivity contribution in [2.75, 3.05) is 36.9 Å². The molecular formula is C29H32N6O2. The highest BCUT2D eigenvalue weighted by Crippen LogP contribution is 2.27. The van der Waals surface area contributed by atoms with Crippen molar-refractivity contribution in [3.63, 3.8) is 0 Å². The minimum absolute atomic E-state index is 0.145. The van der Waals surface area contributed by atoms with E-state index in [0.717, 1.165) is 66.5 Å². The van der Waals surface area contributed by atoms with Gasteiger partial charge in [0.1, 0.15) is 11.9 Å². The largest absolute Gasteiger partial charge is 0.379 e. The number of hydrogen-bond acceptors (Lipinski definition) is 6. The maximum atomic E-state index is 13.0. The first-order chi connectivity index (χ1) is 18.1. The molecule has 1 atom stereocenters. The molecule has 0 saturated carbocycles. The second-order valence-corrected chi connectivity index (χ2v) is 9.25. The summed E-state index contributed by atoms with van der Waals surface area (Å²) < 4.78 is 7.39. The van der Waals surface area contributed by atoms with Gasteiger partial charge in [0.05, 0.1) is 18.9 Å². The average Bonchev–Trinajstić information content (AvgIpc) is 3.37.